The van der Waals surface area contributed by atoms with Crippen molar-refractivity contribution in [1.29, 1.82) is 0 Å². The van der Waals surface area contributed by atoms with Gasteiger partial charge >= 0.3 is 0 Å². The van der Waals surface area contributed by atoms with E-state index in [1.807, 2.05) is 6.92 Å². The van der Waals surface area contributed by atoms with Gasteiger partial charge < -0.3 is 0 Å². The Hall–Kier alpha value is -0.600. The fourth-order valence-electron chi connectivity index (χ4n) is 2.24. The summed E-state index contributed by atoms with van der Waals surface area (Å²) in [4.78, 5) is 8.76. The van der Waals surface area contributed by atoms with Gasteiger partial charge in [0.2, 0.25) is 0 Å². The van der Waals surface area contributed by atoms with E-state index in [1.165, 1.54) is 84.2 Å². The number of hydrogen-bond acceptors (Lipinski definition) is 2. The fourth-order valence-corrected chi connectivity index (χ4v) is 2.24. The van der Waals surface area contributed by atoms with Crippen molar-refractivity contribution in [3.8, 4) is 0 Å². The van der Waals surface area contributed by atoms with Crippen molar-refractivity contribution < 1.29 is 9.78 Å². The van der Waals surface area contributed by atoms with E-state index in [-0.39, 0.29) is 0 Å². The first-order chi connectivity index (χ1) is 11.8. The molecule has 0 rings (SSSR count). The second-order valence-electron chi connectivity index (χ2n) is 6.18. The van der Waals surface area contributed by atoms with Crippen molar-refractivity contribution in [3.63, 3.8) is 0 Å². The molecule has 2 heteroatoms. The van der Waals surface area contributed by atoms with Crippen molar-refractivity contribution in [3.05, 3.63) is 24.3 Å². The lowest BCUT2D eigenvalue weighted by Crippen LogP contribution is -1.88. The minimum absolute atomic E-state index is 0.691. The lowest BCUT2D eigenvalue weighted by atomic mass is 10.1. The summed E-state index contributed by atoms with van der Waals surface area (Å²) in [5.41, 5.74) is 0. The van der Waals surface area contributed by atoms with Crippen LogP contribution >= 0.6 is 0 Å². The predicted molar refractivity (Wildman–Crippen MR) is 108 cm³/mol. The molecule has 0 aromatic heterocycles. The molecule has 144 valence electrons. The van der Waals surface area contributed by atoms with Crippen LogP contribution in [0.25, 0.3) is 0 Å². The number of rotatable bonds is 16. The number of allylic oxidation sites excluding steroid dienone is 4. The number of hydrogen-bond donors (Lipinski definition) is 0. The highest BCUT2D eigenvalue weighted by Gasteiger charge is 1.89. The average Bonchev–Trinajstić information content (AvgIpc) is 2.61. The topological polar surface area (TPSA) is 18.5 Å². The van der Waals surface area contributed by atoms with Crippen LogP contribution in [0.3, 0.4) is 0 Å². The zero-order valence-electron chi connectivity index (χ0n) is 17.0. The SMILES string of the molecule is CC/C=C/CCCCCCCC/C=C/CCCC.CCCOOC. The van der Waals surface area contributed by atoms with Gasteiger partial charge in [0, 0.05) is 0 Å². The van der Waals surface area contributed by atoms with Gasteiger partial charge in [-0.3, -0.25) is 0 Å². The highest BCUT2D eigenvalue weighted by atomic mass is 17.2. The lowest BCUT2D eigenvalue weighted by Gasteiger charge is -1.99. The predicted octanol–water partition coefficient (Wildman–Crippen LogP) is 7.79. The van der Waals surface area contributed by atoms with E-state index < -0.39 is 0 Å². The summed E-state index contributed by atoms with van der Waals surface area (Å²) in [6.45, 7) is 7.18. The van der Waals surface area contributed by atoms with E-state index in [4.69, 9.17) is 0 Å². The van der Waals surface area contributed by atoms with Gasteiger partial charge in [0.05, 0.1) is 13.7 Å². The fraction of sp³-hybridized carbons (Fsp3) is 0.818. The Morgan fingerprint density at radius 2 is 1.08 bits per heavy atom. The molecule has 0 aromatic carbocycles. The highest BCUT2D eigenvalue weighted by molar-refractivity contribution is 4.81. The van der Waals surface area contributed by atoms with E-state index in [1.54, 1.807) is 0 Å². The second-order valence-corrected chi connectivity index (χ2v) is 6.18. The minimum Gasteiger partial charge on any atom is -0.240 e. The van der Waals surface area contributed by atoms with Crippen LogP contribution in [0.5, 0.6) is 0 Å². The molecule has 0 aromatic rings. The Bertz CT molecular complexity index is 242. The maximum absolute atomic E-state index is 4.48. The van der Waals surface area contributed by atoms with Crippen molar-refractivity contribution in [2.24, 2.45) is 0 Å². The van der Waals surface area contributed by atoms with Gasteiger partial charge in [-0.05, 0) is 44.9 Å². The lowest BCUT2D eigenvalue weighted by molar-refractivity contribution is -0.272. The molecule has 0 unspecified atom stereocenters. The summed E-state index contributed by atoms with van der Waals surface area (Å²) in [7, 11) is 1.51. The molecule has 0 aliphatic carbocycles. The summed E-state index contributed by atoms with van der Waals surface area (Å²) < 4.78 is 0. The average molecular weight is 341 g/mol. The van der Waals surface area contributed by atoms with Gasteiger partial charge in [0.15, 0.2) is 0 Å². The molecule has 2 nitrogen and oxygen atoms in total. The van der Waals surface area contributed by atoms with Crippen LogP contribution in [0.2, 0.25) is 0 Å². The van der Waals surface area contributed by atoms with Crippen LogP contribution < -0.4 is 0 Å². The first-order valence-corrected chi connectivity index (χ1v) is 10.3. The third-order valence-electron chi connectivity index (χ3n) is 3.69. The molecule has 0 amide bonds. The van der Waals surface area contributed by atoms with Crippen LogP contribution in [-0.2, 0) is 9.78 Å². The summed E-state index contributed by atoms with van der Waals surface area (Å²) >= 11 is 0. The molecule has 0 atom stereocenters. The van der Waals surface area contributed by atoms with Crippen molar-refractivity contribution >= 4 is 0 Å². The standard InChI is InChI=1S/C18H34.C4H10O2/c1-3-5-7-9-11-13-15-17-18-16-14-12-10-8-6-4-2;1-3-4-6-5-2/h5,7,10,12H,3-4,6,8-9,11,13-18H2,1-2H3;3-4H2,1-2H3/b7-5+,12-10+;. The third-order valence-corrected chi connectivity index (χ3v) is 3.69. The Morgan fingerprint density at radius 1 is 0.583 bits per heavy atom. The number of unbranched alkanes of at least 4 members (excludes halogenated alkanes) is 9. The maximum Gasteiger partial charge on any atom is 0.0819 e. The zero-order valence-corrected chi connectivity index (χ0v) is 17.0. The van der Waals surface area contributed by atoms with Gasteiger partial charge in [-0.1, -0.05) is 83.6 Å². The minimum atomic E-state index is 0.691. The normalized spacial score (nSPS) is 11.2. The van der Waals surface area contributed by atoms with Crippen LogP contribution in [0.4, 0.5) is 0 Å². The molecule has 0 spiro atoms. The molecule has 0 saturated heterocycles. The Kier molecular flexibility index (Phi) is 29.1. The Morgan fingerprint density at radius 3 is 1.50 bits per heavy atom. The Labute approximate surface area is 152 Å². The molecule has 0 saturated carbocycles. The second kappa shape index (κ2) is 27.3. The molecule has 0 N–H and O–H groups in total. The maximum atomic E-state index is 4.48. The molecule has 0 aliphatic rings. The van der Waals surface area contributed by atoms with Gasteiger partial charge in [0.1, 0.15) is 0 Å². The van der Waals surface area contributed by atoms with Gasteiger partial charge in [0.25, 0.3) is 0 Å². The van der Waals surface area contributed by atoms with Gasteiger partial charge in [-0.2, -0.15) is 0 Å². The summed E-state index contributed by atoms with van der Waals surface area (Å²) in [5.74, 6) is 0. The highest BCUT2D eigenvalue weighted by Crippen LogP contribution is 2.09. The molecule has 0 fully saturated rings. The molecule has 0 radical (unpaired) electrons. The van der Waals surface area contributed by atoms with Crippen LogP contribution in [0.1, 0.15) is 104 Å². The van der Waals surface area contributed by atoms with Gasteiger partial charge in [-0.25, -0.2) is 9.78 Å². The van der Waals surface area contributed by atoms with E-state index in [0.717, 1.165) is 6.42 Å². The molecule has 0 aliphatic heterocycles. The molecular weight excluding hydrogens is 296 g/mol. The third kappa shape index (κ3) is 29.4. The van der Waals surface area contributed by atoms with E-state index in [2.05, 4.69) is 47.9 Å². The van der Waals surface area contributed by atoms with E-state index in [0.29, 0.717) is 6.61 Å². The van der Waals surface area contributed by atoms with Crippen molar-refractivity contribution in [2.75, 3.05) is 13.7 Å². The summed E-state index contributed by atoms with van der Waals surface area (Å²) in [6.07, 6.45) is 26.6. The Balaban J connectivity index is 0. The first kappa shape index (κ1) is 25.6. The first-order valence-electron chi connectivity index (χ1n) is 10.3. The molecule has 24 heavy (non-hydrogen) atoms. The van der Waals surface area contributed by atoms with Crippen LogP contribution in [0.15, 0.2) is 24.3 Å². The monoisotopic (exact) mass is 340 g/mol. The smallest absolute Gasteiger partial charge is 0.0819 e. The quantitative estimate of drug-likeness (QED) is 0.123. The molecule has 0 heterocycles. The zero-order chi connectivity index (χ0) is 18.1. The van der Waals surface area contributed by atoms with E-state index in [9.17, 15) is 0 Å². The summed E-state index contributed by atoms with van der Waals surface area (Å²) in [5, 5.41) is 0. The van der Waals surface area contributed by atoms with Crippen molar-refractivity contribution in [2.45, 2.75) is 104 Å². The largest absolute Gasteiger partial charge is 0.240 e. The van der Waals surface area contributed by atoms with Gasteiger partial charge in [-0.15, -0.1) is 0 Å². The van der Waals surface area contributed by atoms with Crippen molar-refractivity contribution in [1.82, 2.24) is 0 Å². The summed E-state index contributed by atoms with van der Waals surface area (Å²) in [6, 6.07) is 0. The van der Waals surface area contributed by atoms with Crippen LogP contribution in [0, 0.1) is 0 Å². The molecular formula is C22H44O2. The molecule has 0 bridgehead atoms. The van der Waals surface area contributed by atoms with Crippen LogP contribution in [-0.4, -0.2) is 13.7 Å². The van der Waals surface area contributed by atoms with E-state index >= 15 is 0 Å².